The van der Waals surface area contributed by atoms with Crippen molar-refractivity contribution in [3.05, 3.63) is 0 Å². The van der Waals surface area contributed by atoms with Crippen LogP contribution in [0.1, 0.15) is 32.1 Å². The molecule has 2 atom stereocenters. The van der Waals surface area contributed by atoms with E-state index in [2.05, 4.69) is 22.1 Å². The third-order valence-corrected chi connectivity index (χ3v) is 4.67. The Bertz CT molecular complexity index is 248. The van der Waals surface area contributed by atoms with Gasteiger partial charge in [-0.15, -0.1) is 0 Å². The molecule has 17 heavy (non-hydrogen) atoms. The molecule has 4 nitrogen and oxygen atoms in total. The molecule has 2 unspecified atom stereocenters. The van der Waals surface area contributed by atoms with Gasteiger partial charge in [0.05, 0.1) is 12.6 Å². The fourth-order valence-electron chi connectivity index (χ4n) is 2.23. The summed E-state index contributed by atoms with van der Waals surface area (Å²) in [4.78, 5) is 4.34. The third-order valence-electron chi connectivity index (χ3n) is 3.27. The zero-order chi connectivity index (χ0) is 11.9. The molecule has 0 aromatic carbocycles. The lowest BCUT2D eigenvalue weighted by Gasteiger charge is -2.21. The Hall–Kier alpha value is -0.420. The third kappa shape index (κ3) is 4.76. The van der Waals surface area contributed by atoms with Crippen LogP contribution in [0.3, 0.4) is 0 Å². The summed E-state index contributed by atoms with van der Waals surface area (Å²) in [5.74, 6) is 1.87. The van der Waals surface area contributed by atoms with Gasteiger partial charge in [0.25, 0.3) is 0 Å². The van der Waals surface area contributed by atoms with Crippen molar-refractivity contribution in [2.24, 2.45) is 10.7 Å². The Morgan fingerprint density at radius 2 is 2.29 bits per heavy atom. The van der Waals surface area contributed by atoms with E-state index in [0.29, 0.717) is 23.9 Å². The average molecular weight is 257 g/mol. The van der Waals surface area contributed by atoms with Crippen LogP contribution in [-0.2, 0) is 4.74 Å². The number of nitrogens with one attached hydrogen (secondary N) is 1. The standard InChI is InChI=1S/C12H23N3OS/c13-12(14-8-10-4-3-6-16-10)15-9-11-5-1-2-7-17-11/h10-11H,1-9H2,(H3,13,14,15). The van der Waals surface area contributed by atoms with Crippen molar-refractivity contribution in [1.29, 1.82) is 0 Å². The Morgan fingerprint density at radius 1 is 1.35 bits per heavy atom. The van der Waals surface area contributed by atoms with Crippen LogP contribution in [0.4, 0.5) is 0 Å². The summed E-state index contributed by atoms with van der Waals surface area (Å²) in [7, 11) is 0. The highest BCUT2D eigenvalue weighted by Crippen LogP contribution is 2.24. The largest absolute Gasteiger partial charge is 0.376 e. The molecular formula is C12H23N3OS. The Kier molecular flexibility index (Phi) is 5.45. The maximum absolute atomic E-state index is 5.84. The molecule has 2 fully saturated rings. The van der Waals surface area contributed by atoms with Crippen LogP contribution >= 0.6 is 11.8 Å². The van der Waals surface area contributed by atoms with Crippen LogP contribution in [0.5, 0.6) is 0 Å². The highest BCUT2D eigenvalue weighted by Gasteiger charge is 2.15. The first-order valence-corrected chi connectivity index (χ1v) is 7.66. The van der Waals surface area contributed by atoms with Gasteiger partial charge >= 0.3 is 0 Å². The molecule has 0 aromatic heterocycles. The summed E-state index contributed by atoms with van der Waals surface area (Å²) in [6, 6.07) is 0. The molecule has 0 radical (unpaired) electrons. The monoisotopic (exact) mass is 257 g/mol. The maximum atomic E-state index is 5.84. The molecule has 0 amide bonds. The second kappa shape index (κ2) is 7.11. The maximum Gasteiger partial charge on any atom is 0.188 e. The summed E-state index contributed by atoms with van der Waals surface area (Å²) in [6.07, 6.45) is 6.59. The van der Waals surface area contributed by atoms with Gasteiger partial charge in [-0.25, -0.2) is 0 Å². The first-order chi connectivity index (χ1) is 8.34. The van der Waals surface area contributed by atoms with Crippen LogP contribution in [0.2, 0.25) is 0 Å². The molecule has 3 N–H and O–H groups in total. The smallest absolute Gasteiger partial charge is 0.188 e. The summed E-state index contributed by atoms with van der Waals surface area (Å²) >= 11 is 2.05. The zero-order valence-corrected chi connectivity index (χ0v) is 11.2. The second-order valence-corrected chi connectivity index (χ2v) is 6.14. The van der Waals surface area contributed by atoms with E-state index in [1.807, 2.05) is 0 Å². The molecule has 2 aliphatic heterocycles. The predicted octanol–water partition coefficient (Wildman–Crippen LogP) is 1.36. The average Bonchev–Trinajstić information content (AvgIpc) is 2.88. The van der Waals surface area contributed by atoms with E-state index in [9.17, 15) is 0 Å². The van der Waals surface area contributed by atoms with Crippen LogP contribution in [-0.4, -0.2) is 42.8 Å². The lowest BCUT2D eigenvalue weighted by molar-refractivity contribution is 0.118. The highest BCUT2D eigenvalue weighted by atomic mass is 32.2. The van der Waals surface area contributed by atoms with E-state index < -0.39 is 0 Å². The highest BCUT2D eigenvalue weighted by molar-refractivity contribution is 7.99. The van der Waals surface area contributed by atoms with Gasteiger partial charge in [-0.1, -0.05) is 6.42 Å². The van der Waals surface area contributed by atoms with Crippen molar-refractivity contribution in [3.63, 3.8) is 0 Å². The number of nitrogens with two attached hydrogens (primary N) is 1. The van der Waals surface area contributed by atoms with E-state index in [0.717, 1.165) is 26.0 Å². The number of thioether (sulfide) groups is 1. The van der Waals surface area contributed by atoms with Gasteiger partial charge in [0.1, 0.15) is 0 Å². The summed E-state index contributed by atoms with van der Waals surface area (Å²) < 4.78 is 5.50. The van der Waals surface area contributed by atoms with Gasteiger partial charge in [0.15, 0.2) is 5.96 Å². The molecule has 98 valence electrons. The van der Waals surface area contributed by atoms with E-state index >= 15 is 0 Å². The second-order valence-electron chi connectivity index (χ2n) is 4.73. The minimum atomic E-state index is 0.291. The number of hydrogen-bond donors (Lipinski definition) is 2. The summed E-state index contributed by atoms with van der Waals surface area (Å²) in [5, 5.41) is 3.94. The fourth-order valence-corrected chi connectivity index (χ4v) is 3.47. The van der Waals surface area contributed by atoms with Crippen LogP contribution in [0, 0.1) is 0 Å². The predicted molar refractivity (Wildman–Crippen MR) is 73.6 cm³/mol. The molecule has 0 saturated carbocycles. The molecule has 2 rings (SSSR count). The minimum Gasteiger partial charge on any atom is -0.376 e. The van der Waals surface area contributed by atoms with Crippen LogP contribution in [0.25, 0.3) is 0 Å². The molecule has 0 spiro atoms. The van der Waals surface area contributed by atoms with Crippen molar-refractivity contribution in [1.82, 2.24) is 5.32 Å². The van der Waals surface area contributed by atoms with Crippen molar-refractivity contribution in [2.45, 2.75) is 43.5 Å². The SMILES string of the molecule is NC(=NCC1CCCO1)NCC1CCCCS1. The van der Waals surface area contributed by atoms with Gasteiger partial charge in [0, 0.05) is 18.4 Å². The zero-order valence-electron chi connectivity index (χ0n) is 10.4. The van der Waals surface area contributed by atoms with E-state index in [-0.39, 0.29) is 0 Å². The minimum absolute atomic E-state index is 0.291. The van der Waals surface area contributed by atoms with Crippen LogP contribution < -0.4 is 11.1 Å². The van der Waals surface area contributed by atoms with E-state index in [1.54, 1.807) is 0 Å². The first kappa shape index (κ1) is 13.0. The number of guanidine groups is 1. The van der Waals surface area contributed by atoms with Gasteiger partial charge in [-0.05, 0) is 31.4 Å². The lowest BCUT2D eigenvalue weighted by atomic mass is 10.2. The van der Waals surface area contributed by atoms with E-state index in [4.69, 9.17) is 10.5 Å². The van der Waals surface area contributed by atoms with Crippen molar-refractivity contribution < 1.29 is 4.74 Å². The number of ether oxygens (including phenoxy) is 1. The van der Waals surface area contributed by atoms with Crippen molar-refractivity contribution in [3.8, 4) is 0 Å². The normalized spacial score (nSPS) is 30.5. The topological polar surface area (TPSA) is 59.6 Å². The number of hydrogen-bond acceptors (Lipinski definition) is 3. The molecule has 2 saturated heterocycles. The first-order valence-electron chi connectivity index (χ1n) is 6.61. The van der Waals surface area contributed by atoms with E-state index in [1.165, 1.54) is 25.0 Å². The summed E-state index contributed by atoms with van der Waals surface area (Å²) in [6.45, 7) is 2.54. The Balaban J connectivity index is 1.61. The van der Waals surface area contributed by atoms with Gasteiger partial charge < -0.3 is 15.8 Å². The van der Waals surface area contributed by atoms with Crippen LogP contribution in [0.15, 0.2) is 4.99 Å². The quantitative estimate of drug-likeness (QED) is 0.590. The Morgan fingerprint density at radius 3 is 3.00 bits per heavy atom. The molecule has 0 aromatic rings. The lowest BCUT2D eigenvalue weighted by Crippen LogP contribution is -2.37. The van der Waals surface area contributed by atoms with Crippen molar-refractivity contribution >= 4 is 17.7 Å². The molecule has 5 heteroatoms. The molecule has 0 aliphatic carbocycles. The number of nitrogens with zero attached hydrogens (tertiary/aromatic N) is 1. The number of rotatable bonds is 4. The Labute approximate surface area is 108 Å². The van der Waals surface area contributed by atoms with Gasteiger partial charge in [-0.2, -0.15) is 11.8 Å². The molecular weight excluding hydrogens is 234 g/mol. The molecule has 2 aliphatic rings. The fraction of sp³-hybridized carbons (Fsp3) is 0.917. The van der Waals surface area contributed by atoms with Gasteiger partial charge in [0.2, 0.25) is 0 Å². The van der Waals surface area contributed by atoms with Gasteiger partial charge in [-0.3, -0.25) is 4.99 Å². The molecule has 2 heterocycles. The summed E-state index contributed by atoms with van der Waals surface area (Å²) in [5.41, 5.74) is 5.84. The number of aliphatic imine (C=N–C) groups is 1. The molecule has 0 bridgehead atoms. The van der Waals surface area contributed by atoms with Crippen molar-refractivity contribution in [2.75, 3.05) is 25.4 Å².